The molecule has 0 aliphatic rings. The van der Waals surface area contributed by atoms with Crippen molar-refractivity contribution in [3.8, 4) is 5.75 Å². The van der Waals surface area contributed by atoms with Gasteiger partial charge in [-0.15, -0.1) is 24.0 Å². The average molecular weight is 212 g/mol. The van der Waals surface area contributed by atoms with Crippen molar-refractivity contribution in [1.29, 1.82) is 0 Å². The number of fused-ring (bicyclic) bond motifs is 1. The van der Waals surface area contributed by atoms with Gasteiger partial charge in [0.15, 0.2) is 0 Å². The van der Waals surface area contributed by atoms with Crippen molar-refractivity contribution in [2.45, 2.75) is 11.5 Å². The molecule has 0 aliphatic heterocycles. The maximum absolute atomic E-state index is 9.68. The molecular formula is C9H8O2S2. The van der Waals surface area contributed by atoms with E-state index >= 15 is 0 Å². The van der Waals surface area contributed by atoms with Crippen molar-refractivity contribution in [2.75, 3.05) is 0 Å². The van der Waals surface area contributed by atoms with E-state index < -0.39 is 0 Å². The van der Waals surface area contributed by atoms with Crippen LogP contribution in [0, 0.1) is 0 Å². The van der Waals surface area contributed by atoms with Gasteiger partial charge < -0.3 is 10.2 Å². The first-order valence-electron chi connectivity index (χ1n) is 3.76. The van der Waals surface area contributed by atoms with Crippen LogP contribution in [0.2, 0.25) is 0 Å². The summed E-state index contributed by atoms with van der Waals surface area (Å²) in [6.07, 6.45) is 0. The van der Waals surface area contributed by atoms with E-state index in [-0.39, 0.29) is 12.4 Å². The Labute approximate surface area is 84.9 Å². The summed E-state index contributed by atoms with van der Waals surface area (Å²) in [5.41, 5.74) is 0.663. The Morgan fingerprint density at radius 1 is 1.46 bits per heavy atom. The molecule has 0 spiro atoms. The van der Waals surface area contributed by atoms with Gasteiger partial charge in [0.2, 0.25) is 0 Å². The molecule has 2 aromatic rings. The van der Waals surface area contributed by atoms with E-state index in [1.807, 2.05) is 17.5 Å². The van der Waals surface area contributed by atoms with E-state index in [1.54, 1.807) is 0 Å². The Balaban J connectivity index is 2.83. The monoisotopic (exact) mass is 212 g/mol. The highest BCUT2D eigenvalue weighted by atomic mass is 32.1. The lowest BCUT2D eigenvalue weighted by molar-refractivity contribution is 0.278. The van der Waals surface area contributed by atoms with Crippen LogP contribution in [-0.4, -0.2) is 10.2 Å². The lowest BCUT2D eigenvalue weighted by Gasteiger charge is -2.04. The van der Waals surface area contributed by atoms with Crippen LogP contribution in [0.1, 0.15) is 5.56 Å². The molecule has 2 rings (SSSR count). The van der Waals surface area contributed by atoms with Gasteiger partial charge in [0.25, 0.3) is 0 Å². The van der Waals surface area contributed by atoms with E-state index in [9.17, 15) is 5.11 Å². The number of aromatic hydroxyl groups is 1. The Morgan fingerprint density at radius 3 is 2.92 bits per heavy atom. The summed E-state index contributed by atoms with van der Waals surface area (Å²) in [4.78, 5) is 0.466. The molecule has 1 aromatic carbocycles. The molecule has 0 radical (unpaired) electrons. The fourth-order valence-electron chi connectivity index (χ4n) is 1.26. The summed E-state index contributed by atoms with van der Waals surface area (Å²) in [7, 11) is 0. The molecule has 1 heterocycles. The molecule has 13 heavy (non-hydrogen) atoms. The molecule has 0 aliphatic carbocycles. The van der Waals surface area contributed by atoms with Crippen LogP contribution in [0.5, 0.6) is 5.75 Å². The van der Waals surface area contributed by atoms with Crippen LogP contribution in [0.3, 0.4) is 0 Å². The fraction of sp³-hybridized carbons (Fsp3) is 0.111. The van der Waals surface area contributed by atoms with Gasteiger partial charge in [0.1, 0.15) is 5.75 Å². The van der Waals surface area contributed by atoms with Gasteiger partial charge in [0.05, 0.1) is 11.5 Å². The fourth-order valence-corrected chi connectivity index (χ4v) is 2.36. The molecule has 4 heteroatoms. The third-order valence-electron chi connectivity index (χ3n) is 1.95. The highest BCUT2D eigenvalue weighted by molar-refractivity contribution is 7.80. The first kappa shape index (κ1) is 8.87. The third kappa shape index (κ3) is 1.31. The summed E-state index contributed by atoms with van der Waals surface area (Å²) in [5.74, 6) is 0.158. The van der Waals surface area contributed by atoms with E-state index in [0.29, 0.717) is 10.5 Å². The maximum Gasteiger partial charge on any atom is 0.137 e. The topological polar surface area (TPSA) is 40.5 Å². The van der Waals surface area contributed by atoms with Crippen LogP contribution in [0.25, 0.3) is 10.1 Å². The maximum atomic E-state index is 9.68. The third-order valence-corrected chi connectivity index (χ3v) is 3.32. The van der Waals surface area contributed by atoms with E-state index in [2.05, 4.69) is 12.6 Å². The van der Waals surface area contributed by atoms with E-state index in [0.717, 1.165) is 10.1 Å². The van der Waals surface area contributed by atoms with Crippen molar-refractivity contribution in [1.82, 2.24) is 0 Å². The Morgan fingerprint density at radius 2 is 2.23 bits per heavy atom. The lowest BCUT2D eigenvalue weighted by atomic mass is 10.1. The van der Waals surface area contributed by atoms with Crippen LogP contribution in [0.15, 0.2) is 22.4 Å². The number of phenols is 1. The average Bonchev–Trinajstić information content (AvgIpc) is 2.59. The number of hydrogen-bond acceptors (Lipinski definition) is 4. The van der Waals surface area contributed by atoms with Gasteiger partial charge in [-0.05, 0) is 23.1 Å². The van der Waals surface area contributed by atoms with Crippen LogP contribution < -0.4 is 0 Å². The van der Waals surface area contributed by atoms with Crippen LogP contribution in [0.4, 0.5) is 0 Å². The van der Waals surface area contributed by atoms with Gasteiger partial charge in [-0.3, -0.25) is 0 Å². The minimum Gasteiger partial charge on any atom is -0.506 e. The number of rotatable bonds is 1. The van der Waals surface area contributed by atoms with Gasteiger partial charge in [-0.25, -0.2) is 0 Å². The SMILES string of the molecule is OCc1cc2sccc2c(O)c1S. The summed E-state index contributed by atoms with van der Waals surface area (Å²) in [6, 6.07) is 3.69. The first-order chi connectivity index (χ1) is 6.24. The number of thiol groups is 1. The zero-order chi connectivity index (χ0) is 9.42. The second-order valence-corrected chi connectivity index (χ2v) is 4.12. The van der Waals surface area contributed by atoms with Crippen molar-refractivity contribution < 1.29 is 10.2 Å². The normalized spacial score (nSPS) is 10.9. The number of phenolic OH excluding ortho intramolecular Hbond substituents is 1. The number of benzene rings is 1. The second kappa shape index (κ2) is 3.21. The largest absolute Gasteiger partial charge is 0.506 e. The highest BCUT2D eigenvalue weighted by Gasteiger charge is 2.09. The Bertz CT molecular complexity index is 448. The predicted molar refractivity (Wildman–Crippen MR) is 56.7 cm³/mol. The van der Waals surface area contributed by atoms with Gasteiger partial charge in [0, 0.05) is 10.1 Å². The zero-order valence-corrected chi connectivity index (χ0v) is 8.40. The molecule has 2 N–H and O–H groups in total. The smallest absolute Gasteiger partial charge is 0.137 e. The van der Waals surface area contributed by atoms with Crippen LogP contribution >= 0.6 is 24.0 Å². The molecule has 1 aromatic heterocycles. The number of aliphatic hydroxyl groups is 1. The molecule has 0 atom stereocenters. The molecule has 0 saturated carbocycles. The van der Waals surface area contributed by atoms with E-state index in [1.165, 1.54) is 11.3 Å². The molecule has 0 bridgehead atoms. The molecular weight excluding hydrogens is 204 g/mol. The van der Waals surface area contributed by atoms with Crippen molar-refractivity contribution >= 4 is 34.1 Å². The standard InChI is InChI=1S/C9H8O2S2/c10-4-5-3-7-6(1-2-13-7)8(11)9(5)12/h1-3,10-12H,4H2. The minimum absolute atomic E-state index is 0.0970. The van der Waals surface area contributed by atoms with E-state index in [4.69, 9.17) is 5.11 Å². The first-order valence-corrected chi connectivity index (χ1v) is 5.08. The molecule has 0 fully saturated rings. The van der Waals surface area contributed by atoms with Crippen molar-refractivity contribution in [3.05, 3.63) is 23.1 Å². The van der Waals surface area contributed by atoms with Crippen molar-refractivity contribution in [2.24, 2.45) is 0 Å². The van der Waals surface area contributed by atoms with Gasteiger partial charge >= 0.3 is 0 Å². The minimum atomic E-state index is -0.0970. The van der Waals surface area contributed by atoms with Crippen molar-refractivity contribution in [3.63, 3.8) is 0 Å². The Hall–Kier alpha value is -0.710. The predicted octanol–water partition coefficient (Wildman–Crippen LogP) is 2.39. The van der Waals surface area contributed by atoms with Crippen LogP contribution in [-0.2, 0) is 6.61 Å². The number of thiophene rings is 1. The van der Waals surface area contributed by atoms with Gasteiger partial charge in [-0.1, -0.05) is 0 Å². The molecule has 0 amide bonds. The lowest BCUT2D eigenvalue weighted by Crippen LogP contribution is -1.85. The Kier molecular flexibility index (Phi) is 2.19. The summed E-state index contributed by atoms with van der Waals surface area (Å²) in [5, 5.41) is 21.4. The summed E-state index contributed by atoms with van der Waals surface area (Å²) < 4.78 is 0.972. The zero-order valence-electron chi connectivity index (χ0n) is 6.69. The molecule has 0 unspecified atom stereocenters. The second-order valence-electron chi connectivity index (χ2n) is 2.72. The number of hydrogen-bond donors (Lipinski definition) is 3. The quantitative estimate of drug-likeness (QED) is 0.635. The molecule has 68 valence electrons. The van der Waals surface area contributed by atoms with Gasteiger partial charge in [-0.2, -0.15) is 0 Å². The molecule has 0 saturated heterocycles. The highest BCUT2D eigenvalue weighted by Crippen LogP contribution is 2.36. The number of aliphatic hydroxyl groups excluding tert-OH is 1. The molecule has 2 nitrogen and oxygen atoms in total. The summed E-state index contributed by atoms with van der Waals surface area (Å²) in [6.45, 7) is -0.0970. The summed E-state index contributed by atoms with van der Waals surface area (Å²) >= 11 is 5.67.